The molecule has 0 saturated heterocycles. The molecule has 1 rings (SSSR count). The molecule has 2 N–H and O–H groups in total. The van der Waals surface area contributed by atoms with Gasteiger partial charge in [0.15, 0.2) is 0 Å². The van der Waals surface area contributed by atoms with Crippen LogP contribution >= 0.6 is 0 Å². The monoisotopic (exact) mass is 211 g/mol. The van der Waals surface area contributed by atoms with Crippen molar-refractivity contribution in [2.45, 2.75) is 12.3 Å². The van der Waals surface area contributed by atoms with E-state index in [9.17, 15) is 13.6 Å². The van der Waals surface area contributed by atoms with Gasteiger partial charge in [-0.05, 0) is 5.56 Å². The molecule has 1 atom stereocenters. The van der Waals surface area contributed by atoms with Gasteiger partial charge in [-0.2, -0.15) is 0 Å². The minimum absolute atomic E-state index is 0.267. The van der Waals surface area contributed by atoms with Gasteiger partial charge in [-0.3, -0.25) is 4.79 Å². The lowest BCUT2D eigenvalue weighted by Gasteiger charge is -2.16. The lowest BCUT2D eigenvalue weighted by atomic mass is 9.92. The quantitative estimate of drug-likeness (QED) is 0.761. The van der Waals surface area contributed by atoms with Crippen molar-refractivity contribution in [3.05, 3.63) is 48.0 Å². The zero-order chi connectivity index (χ0) is 11.4. The first-order valence-corrected chi connectivity index (χ1v) is 4.35. The zero-order valence-corrected chi connectivity index (χ0v) is 7.99. The molecule has 4 heteroatoms. The van der Waals surface area contributed by atoms with Crippen LogP contribution in [0.5, 0.6) is 0 Å². The van der Waals surface area contributed by atoms with Gasteiger partial charge >= 0.3 is 0 Å². The molecule has 0 aliphatic rings. The van der Waals surface area contributed by atoms with Crippen LogP contribution in [0.2, 0.25) is 0 Å². The summed E-state index contributed by atoms with van der Waals surface area (Å²) < 4.78 is 25.5. The largest absolute Gasteiger partial charge is 0.366 e. The van der Waals surface area contributed by atoms with Gasteiger partial charge in [0.2, 0.25) is 12.3 Å². The standard InChI is InChI=1S/C11H11F2NO/c1-7(11(14)15)9(10(12)13)8-5-3-2-4-6-8/h2-6,9-10H,1H2,(H2,14,15). The highest BCUT2D eigenvalue weighted by Gasteiger charge is 2.27. The Morgan fingerprint density at radius 2 is 1.80 bits per heavy atom. The lowest BCUT2D eigenvalue weighted by Crippen LogP contribution is -2.23. The fourth-order valence-corrected chi connectivity index (χ4v) is 1.31. The average Bonchev–Trinajstić information content (AvgIpc) is 2.18. The van der Waals surface area contributed by atoms with Crippen LogP contribution in [0, 0.1) is 0 Å². The third-order valence-electron chi connectivity index (χ3n) is 2.10. The van der Waals surface area contributed by atoms with Crippen LogP contribution in [-0.4, -0.2) is 12.3 Å². The molecule has 1 aromatic carbocycles. The SMILES string of the molecule is C=C(C(N)=O)C(c1ccccc1)C(F)F. The summed E-state index contributed by atoms with van der Waals surface area (Å²) in [5, 5.41) is 0. The Balaban J connectivity index is 3.04. The highest BCUT2D eigenvalue weighted by molar-refractivity contribution is 5.93. The maximum absolute atomic E-state index is 12.7. The molecule has 0 aromatic heterocycles. The highest BCUT2D eigenvalue weighted by atomic mass is 19.3. The minimum atomic E-state index is -2.69. The van der Waals surface area contributed by atoms with Crippen LogP contribution in [0.25, 0.3) is 0 Å². The van der Waals surface area contributed by atoms with Crippen molar-refractivity contribution in [2.24, 2.45) is 5.73 Å². The van der Waals surface area contributed by atoms with Gasteiger partial charge in [0.1, 0.15) is 0 Å². The summed E-state index contributed by atoms with van der Waals surface area (Å²) in [6.07, 6.45) is -2.69. The van der Waals surface area contributed by atoms with E-state index in [0.717, 1.165) is 0 Å². The number of carbonyl (C=O) groups excluding carboxylic acids is 1. The molecule has 0 fully saturated rings. The second-order valence-electron chi connectivity index (χ2n) is 3.11. The van der Waals surface area contributed by atoms with Crippen LogP contribution < -0.4 is 5.73 Å². The van der Waals surface area contributed by atoms with Crippen LogP contribution in [-0.2, 0) is 4.79 Å². The van der Waals surface area contributed by atoms with E-state index < -0.39 is 18.3 Å². The molecule has 2 nitrogen and oxygen atoms in total. The van der Waals surface area contributed by atoms with Crippen LogP contribution in [0.1, 0.15) is 11.5 Å². The van der Waals surface area contributed by atoms with Crippen molar-refractivity contribution in [1.82, 2.24) is 0 Å². The average molecular weight is 211 g/mol. The molecule has 15 heavy (non-hydrogen) atoms. The van der Waals surface area contributed by atoms with E-state index in [1.165, 1.54) is 12.1 Å². The summed E-state index contributed by atoms with van der Waals surface area (Å²) in [6, 6.07) is 7.99. The maximum Gasteiger partial charge on any atom is 0.249 e. The second kappa shape index (κ2) is 4.68. The third kappa shape index (κ3) is 2.62. The minimum Gasteiger partial charge on any atom is -0.366 e. The summed E-state index contributed by atoms with van der Waals surface area (Å²) in [5.41, 5.74) is 5.02. The van der Waals surface area contributed by atoms with E-state index in [0.29, 0.717) is 5.56 Å². The number of nitrogens with two attached hydrogens (primary N) is 1. The molecular weight excluding hydrogens is 200 g/mol. The van der Waals surface area contributed by atoms with E-state index >= 15 is 0 Å². The molecule has 0 aliphatic carbocycles. The number of rotatable bonds is 4. The van der Waals surface area contributed by atoms with E-state index in [1.54, 1.807) is 18.2 Å². The Kier molecular flexibility index (Phi) is 3.55. The van der Waals surface area contributed by atoms with Crippen molar-refractivity contribution in [1.29, 1.82) is 0 Å². The van der Waals surface area contributed by atoms with E-state index in [-0.39, 0.29) is 5.57 Å². The first kappa shape index (κ1) is 11.4. The van der Waals surface area contributed by atoms with Gasteiger partial charge in [0.25, 0.3) is 0 Å². The summed E-state index contributed by atoms with van der Waals surface area (Å²) in [4.78, 5) is 10.8. The Hall–Kier alpha value is -1.71. The van der Waals surface area contributed by atoms with Gasteiger partial charge in [-0.15, -0.1) is 0 Å². The number of carbonyl (C=O) groups is 1. The molecule has 0 bridgehead atoms. The normalized spacial score (nSPS) is 12.5. The number of hydrogen-bond donors (Lipinski definition) is 1. The van der Waals surface area contributed by atoms with E-state index in [1.807, 2.05) is 0 Å². The fraction of sp³-hybridized carbons (Fsp3) is 0.182. The Morgan fingerprint density at radius 1 is 1.27 bits per heavy atom. The number of benzene rings is 1. The molecule has 0 spiro atoms. The Bertz CT molecular complexity index is 362. The first-order valence-electron chi connectivity index (χ1n) is 4.35. The number of primary amides is 1. The third-order valence-corrected chi connectivity index (χ3v) is 2.10. The van der Waals surface area contributed by atoms with Crippen LogP contribution in [0.3, 0.4) is 0 Å². The fourth-order valence-electron chi connectivity index (χ4n) is 1.31. The van der Waals surface area contributed by atoms with Crippen LogP contribution in [0.4, 0.5) is 8.78 Å². The summed E-state index contributed by atoms with van der Waals surface area (Å²) in [7, 11) is 0. The molecule has 80 valence electrons. The van der Waals surface area contributed by atoms with Crippen molar-refractivity contribution in [3.63, 3.8) is 0 Å². The Labute approximate surface area is 86.4 Å². The van der Waals surface area contributed by atoms with Gasteiger partial charge in [-0.1, -0.05) is 36.9 Å². The number of hydrogen-bond acceptors (Lipinski definition) is 1. The van der Waals surface area contributed by atoms with E-state index in [4.69, 9.17) is 5.73 Å². The highest BCUT2D eigenvalue weighted by Crippen LogP contribution is 2.29. The van der Waals surface area contributed by atoms with Gasteiger partial charge < -0.3 is 5.73 Å². The molecule has 0 saturated carbocycles. The van der Waals surface area contributed by atoms with Gasteiger partial charge in [0, 0.05) is 5.57 Å². The van der Waals surface area contributed by atoms with Gasteiger partial charge in [-0.25, -0.2) is 8.78 Å². The van der Waals surface area contributed by atoms with E-state index in [2.05, 4.69) is 6.58 Å². The molecule has 1 amide bonds. The molecule has 0 radical (unpaired) electrons. The Morgan fingerprint density at radius 3 is 2.20 bits per heavy atom. The topological polar surface area (TPSA) is 43.1 Å². The second-order valence-corrected chi connectivity index (χ2v) is 3.11. The molecule has 0 heterocycles. The van der Waals surface area contributed by atoms with Crippen molar-refractivity contribution < 1.29 is 13.6 Å². The lowest BCUT2D eigenvalue weighted by molar-refractivity contribution is -0.115. The van der Waals surface area contributed by atoms with Crippen molar-refractivity contribution in [3.8, 4) is 0 Å². The predicted octanol–water partition coefficient (Wildman–Crippen LogP) is 2.08. The summed E-state index contributed by atoms with van der Waals surface area (Å²) >= 11 is 0. The summed E-state index contributed by atoms with van der Waals surface area (Å²) in [6.45, 7) is 3.30. The van der Waals surface area contributed by atoms with Gasteiger partial charge in [0.05, 0.1) is 5.92 Å². The van der Waals surface area contributed by atoms with Crippen LogP contribution in [0.15, 0.2) is 42.5 Å². The summed E-state index contributed by atoms with van der Waals surface area (Å²) in [5.74, 6) is -2.21. The number of alkyl halides is 2. The van der Waals surface area contributed by atoms with Crippen molar-refractivity contribution >= 4 is 5.91 Å². The number of amides is 1. The zero-order valence-electron chi connectivity index (χ0n) is 7.99. The maximum atomic E-state index is 12.7. The molecule has 1 aromatic rings. The number of halogens is 2. The molecule has 1 unspecified atom stereocenters. The van der Waals surface area contributed by atoms with Crippen molar-refractivity contribution in [2.75, 3.05) is 0 Å². The molecular formula is C11H11F2NO. The predicted molar refractivity (Wildman–Crippen MR) is 53.5 cm³/mol. The molecule has 0 aliphatic heterocycles. The first-order chi connectivity index (χ1) is 7.04. The smallest absolute Gasteiger partial charge is 0.249 e.